The summed E-state index contributed by atoms with van der Waals surface area (Å²) in [4.78, 5) is 29.8. The van der Waals surface area contributed by atoms with Crippen LogP contribution >= 0.6 is 0 Å². The van der Waals surface area contributed by atoms with Crippen LogP contribution in [0.2, 0.25) is 0 Å². The van der Waals surface area contributed by atoms with Crippen molar-refractivity contribution in [3.63, 3.8) is 0 Å². The summed E-state index contributed by atoms with van der Waals surface area (Å²) in [5, 5.41) is 12.7. The normalized spacial score (nSPS) is 13.6. The van der Waals surface area contributed by atoms with Gasteiger partial charge in [-0.15, -0.1) is 0 Å². The summed E-state index contributed by atoms with van der Waals surface area (Å²) in [6.45, 7) is 6.98. The van der Waals surface area contributed by atoms with E-state index in [4.69, 9.17) is 9.84 Å². The molecule has 2 heterocycles. The van der Waals surface area contributed by atoms with Crippen LogP contribution in [0.1, 0.15) is 62.5 Å². The van der Waals surface area contributed by atoms with Gasteiger partial charge in [-0.25, -0.2) is 4.79 Å². The number of rotatable bonds is 7. The Morgan fingerprint density at radius 3 is 2.69 bits per heavy atom. The van der Waals surface area contributed by atoms with Gasteiger partial charge in [0.1, 0.15) is 11.3 Å². The van der Waals surface area contributed by atoms with Crippen molar-refractivity contribution in [3.05, 3.63) is 29.5 Å². The highest BCUT2D eigenvalue weighted by atomic mass is 16.6. The number of aromatic nitrogens is 1. The Hall–Kier alpha value is -2.54. The number of hydrogen-bond acceptors (Lipinski definition) is 4. The molecule has 7 nitrogen and oxygen atoms in total. The van der Waals surface area contributed by atoms with Crippen LogP contribution < -0.4 is 10.2 Å². The van der Waals surface area contributed by atoms with Gasteiger partial charge in [0, 0.05) is 30.6 Å². The van der Waals surface area contributed by atoms with E-state index < -0.39 is 5.60 Å². The maximum absolute atomic E-state index is 12.5. The molecule has 2 amide bonds. The molecule has 1 aliphatic heterocycles. The van der Waals surface area contributed by atoms with E-state index in [0.717, 1.165) is 54.3 Å². The Labute approximate surface area is 171 Å². The van der Waals surface area contributed by atoms with Crippen molar-refractivity contribution in [1.29, 1.82) is 0 Å². The molecule has 0 atom stereocenters. The van der Waals surface area contributed by atoms with E-state index in [1.54, 1.807) is 4.90 Å². The summed E-state index contributed by atoms with van der Waals surface area (Å²) in [6, 6.07) is 5.68. The van der Waals surface area contributed by atoms with Crippen molar-refractivity contribution in [2.75, 3.05) is 24.6 Å². The van der Waals surface area contributed by atoms with Gasteiger partial charge in [0.2, 0.25) is 0 Å². The lowest BCUT2D eigenvalue weighted by molar-refractivity contribution is 0.0583. The summed E-state index contributed by atoms with van der Waals surface area (Å²) in [6.07, 6.45) is 4.05. The molecule has 0 saturated carbocycles. The summed E-state index contributed by atoms with van der Waals surface area (Å²) >= 11 is 0. The largest absolute Gasteiger partial charge is 0.443 e. The summed E-state index contributed by atoms with van der Waals surface area (Å²) in [5.74, 6) is -0.126. The van der Waals surface area contributed by atoms with Crippen molar-refractivity contribution in [1.82, 2.24) is 10.3 Å². The fourth-order valence-corrected chi connectivity index (χ4v) is 3.63. The van der Waals surface area contributed by atoms with Crippen molar-refractivity contribution in [2.24, 2.45) is 0 Å². The molecule has 0 spiro atoms. The van der Waals surface area contributed by atoms with Crippen molar-refractivity contribution in [2.45, 2.75) is 58.5 Å². The molecule has 7 heteroatoms. The number of ether oxygens (including phenoxy) is 1. The Balaban J connectivity index is 1.69. The molecule has 1 aromatic carbocycles. The summed E-state index contributed by atoms with van der Waals surface area (Å²) in [7, 11) is 0. The third-order valence-electron chi connectivity index (χ3n) is 5.00. The zero-order valence-corrected chi connectivity index (χ0v) is 17.5. The van der Waals surface area contributed by atoms with Crippen LogP contribution in [0.15, 0.2) is 18.2 Å². The number of amides is 2. The Morgan fingerprint density at radius 1 is 1.21 bits per heavy atom. The van der Waals surface area contributed by atoms with E-state index in [1.807, 2.05) is 39.0 Å². The third-order valence-corrected chi connectivity index (χ3v) is 5.00. The fraction of sp³-hybridized carbons (Fsp3) is 0.545. The molecule has 0 unspecified atom stereocenters. The number of aliphatic hydroxyl groups is 1. The molecule has 0 saturated heterocycles. The molecule has 1 aliphatic rings. The highest BCUT2D eigenvalue weighted by Crippen LogP contribution is 2.35. The first-order chi connectivity index (χ1) is 13.8. The summed E-state index contributed by atoms with van der Waals surface area (Å²) in [5.41, 5.74) is 2.79. The lowest BCUT2D eigenvalue weighted by Crippen LogP contribution is -2.35. The number of benzene rings is 1. The Bertz CT molecular complexity index is 882. The number of carbonyl (C=O) groups excluding carboxylic acids is 2. The molecule has 29 heavy (non-hydrogen) atoms. The first kappa shape index (κ1) is 21.2. The fourth-order valence-electron chi connectivity index (χ4n) is 3.63. The van der Waals surface area contributed by atoms with Crippen LogP contribution in [-0.4, -0.2) is 47.4 Å². The van der Waals surface area contributed by atoms with Crippen molar-refractivity contribution < 1.29 is 19.4 Å². The van der Waals surface area contributed by atoms with Gasteiger partial charge in [0.25, 0.3) is 5.91 Å². The second-order valence-corrected chi connectivity index (χ2v) is 8.48. The van der Waals surface area contributed by atoms with Crippen LogP contribution in [-0.2, 0) is 11.2 Å². The van der Waals surface area contributed by atoms with Crippen LogP contribution in [0, 0.1) is 0 Å². The highest BCUT2D eigenvalue weighted by molar-refractivity contribution is 6.02. The predicted molar refractivity (Wildman–Crippen MR) is 113 cm³/mol. The zero-order chi connectivity index (χ0) is 21.0. The molecule has 0 fully saturated rings. The maximum Gasteiger partial charge on any atom is 0.414 e. The lowest BCUT2D eigenvalue weighted by Gasteiger charge is -2.24. The number of fused-ring (bicyclic) bond motifs is 3. The minimum Gasteiger partial charge on any atom is -0.443 e. The van der Waals surface area contributed by atoms with Gasteiger partial charge in [-0.05, 0) is 63.8 Å². The predicted octanol–water partition coefficient (Wildman–Crippen LogP) is 3.75. The first-order valence-electron chi connectivity index (χ1n) is 10.3. The molecular weight excluding hydrogens is 370 g/mol. The van der Waals surface area contributed by atoms with Crippen LogP contribution in [0.5, 0.6) is 0 Å². The number of nitrogens with one attached hydrogen (secondary N) is 2. The molecule has 2 aromatic rings. The number of carbonyl (C=O) groups is 2. The SMILES string of the molecule is CC(C)(C)OC(=O)N1CCc2c1ccc1[nH]c(C(=O)NCCCCCCO)cc21. The van der Waals surface area contributed by atoms with E-state index in [9.17, 15) is 9.59 Å². The van der Waals surface area contributed by atoms with Gasteiger partial charge >= 0.3 is 6.09 Å². The zero-order valence-electron chi connectivity index (χ0n) is 17.5. The van der Waals surface area contributed by atoms with Gasteiger partial charge in [-0.2, -0.15) is 0 Å². The van der Waals surface area contributed by atoms with E-state index in [1.165, 1.54) is 0 Å². The van der Waals surface area contributed by atoms with Crippen molar-refractivity contribution >= 4 is 28.6 Å². The minimum atomic E-state index is -0.540. The number of hydrogen-bond donors (Lipinski definition) is 3. The van der Waals surface area contributed by atoms with Gasteiger partial charge < -0.3 is 20.1 Å². The molecule has 3 N–H and O–H groups in total. The second-order valence-electron chi connectivity index (χ2n) is 8.48. The molecule has 158 valence electrons. The van der Waals surface area contributed by atoms with Crippen LogP contribution in [0.3, 0.4) is 0 Å². The van der Waals surface area contributed by atoms with E-state index in [0.29, 0.717) is 18.8 Å². The van der Waals surface area contributed by atoms with Gasteiger partial charge in [0.15, 0.2) is 0 Å². The van der Waals surface area contributed by atoms with E-state index in [-0.39, 0.29) is 18.6 Å². The standard InChI is InChI=1S/C22H31N3O4/c1-22(2,3)29-21(28)25-12-10-15-16-14-18(24-17(16)8-9-19(15)25)20(27)23-11-6-4-5-7-13-26/h8-9,14,24,26H,4-7,10-13H2,1-3H3,(H,23,27). The van der Waals surface area contributed by atoms with Gasteiger partial charge in [-0.3, -0.25) is 9.69 Å². The third kappa shape index (κ3) is 5.09. The average molecular weight is 402 g/mol. The number of H-pyrrole nitrogens is 1. The Morgan fingerprint density at radius 2 is 1.97 bits per heavy atom. The number of unbranched alkanes of at least 4 members (excludes halogenated alkanes) is 3. The number of aliphatic hydroxyl groups excluding tert-OH is 1. The van der Waals surface area contributed by atoms with Crippen molar-refractivity contribution in [3.8, 4) is 0 Å². The minimum absolute atomic E-state index is 0.126. The number of aromatic amines is 1. The molecule has 0 bridgehead atoms. The molecule has 0 radical (unpaired) electrons. The quantitative estimate of drug-likeness (QED) is 0.616. The molecule has 1 aromatic heterocycles. The van der Waals surface area contributed by atoms with Gasteiger partial charge in [-0.1, -0.05) is 12.8 Å². The monoisotopic (exact) mass is 401 g/mol. The topological polar surface area (TPSA) is 94.7 Å². The molecule has 3 rings (SSSR count). The summed E-state index contributed by atoms with van der Waals surface area (Å²) < 4.78 is 5.51. The highest BCUT2D eigenvalue weighted by Gasteiger charge is 2.30. The number of nitrogens with zero attached hydrogens (tertiary/aromatic N) is 1. The molecular formula is C22H31N3O4. The second kappa shape index (κ2) is 8.86. The van der Waals surface area contributed by atoms with E-state index in [2.05, 4.69) is 10.3 Å². The molecule has 0 aliphatic carbocycles. The smallest absolute Gasteiger partial charge is 0.414 e. The lowest BCUT2D eigenvalue weighted by atomic mass is 10.1. The van der Waals surface area contributed by atoms with E-state index >= 15 is 0 Å². The number of anilines is 1. The maximum atomic E-state index is 12.5. The Kier molecular flexibility index (Phi) is 6.47. The van der Waals surface area contributed by atoms with Gasteiger partial charge in [0.05, 0.1) is 5.69 Å². The first-order valence-corrected chi connectivity index (χ1v) is 10.3. The average Bonchev–Trinajstić information content (AvgIpc) is 3.26. The van der Waals surface area contributed by atoms with Crippen LogP contribution in [0.25, 0.3) is 10.9 Å². The van der Waals surface area contributed by atoms with Crippen LogP contribution in [0.4, 0.5) is 10.5 Å².